The maximum atomic E-state index is 13.8. The van der Waals surface area contributed by atoms with Crippen LogP contribution in [0.5, 0.6) is 5.75 Å². The van der Waals surface area contributed by atoms with Crippen LogP contribution in [-0.2, 0) is 0 Å². The van der Waals surface area contributed by atoms with E-state index in [9.17, 15) is 18.7 Å². The van der Waals surface area contributed by atoms with Gasteiger partial charge in [0, 0.05) is 50.0 Å². The standard InChI is InChI=1S/C30H35F2N3O2/c1-21-20-35(22(2)19-34(21)15-7-14-31)29(24-9-5-13-28(36)17-24)23-8-4-10-25(16-23)30(37)33(3)27-12-6-11-26(32)18-27/h4-6,8-13,16-18,21-22,29,36H,7,14-15,19-20H2,1-3H3/t21-,22+,29-/m1/s1. The maximum absolute atomic E-state index is 13.8. The summed E-state index contributed by atoms with van der Waals surface area (Å²) in [7, 11) is 1.64. The molecule has 1 heterocycles. The molecule has 0 bridgehead atoms. The van der Waals surface area contributed by atoms with Crippen molar-refractivity contribution in [1.29, 1.82) is 0 Å². The number of carbonyl (C=O) groups is 1. The van der Waals surface area contributed by atoms with E-state index in [-0.39, 0.29) is 36.5 Å². The number of rotatable bonds is 8. The fourth-order valence-electron chi connectivity index (χ4n) is 5.27. The molecule has 0 unspecified atom stereocenters. The first-order valence-corrected chi connectivity index (χ1v) is 12.8. The van der Waals surface area contributed by atoms with Gasteiger partial charge in [-0.25, -0.2) is 4.39 Å². The molecule has 1 saturated heterocycles. The number of phenols is 1. The molecular formula is C30H35F2N3O2. The zero-order valence-electron chi connectivity index (χ0n) is 21.6. The van der Waals surface area contributed by atoms with E-state index in [1.54, 1.807) is 37.4 Å². The summed E-state index contributed by atoms with van der Waals surface area (Å²) in [6, 6.07) is 20.9. The van der Waals surface area contributed by atoms with Crippen molar-refractivity contribution in [1.82, 2.24) is 9.80 Å². The van der Waals surface area contributed by atoms with Crippen LogP contribution in [-0.4, -0.2) is 66.3 Å². The fourth-order valence-corrected chi connectivity index (χ4v) is 5.27. The number of amides is 1. The first-order valence-electron chi connectivity index (χ1n) is 12.8. The lowest BCUT2D eigenvalue weighted by Crippen LogP contribution is -2.57. The van der Waals surface area contributed by atoms with E-state index in [1.165, 1.54) is 17.0 Å². The van der Waals surface area contributed by atoms with Crippen LogP contribution in [0.2, 0.25) is 0 Å². The van der Waals surface area contributed by atoms with Crippen LogP contribution in [0.3, 0.4) is 0 Å². The predicted octanol–water partition coefficient (Wildman–Crippen LogP) is 5.65. The highest BCUT2D eigenvalue weighted by atomic mass is 19.1. The van der Waals surface area contributed by atoms with Gasteiger partial charge in [0.15, 0.2) is 0 Å². The van der Waals surface area contributed by atoms with Crippen LogP contribution >= 0.6 is 0 Å². The van der Waals surface area contributed by atoms with E-state index in [0.29, 0.717) is 17.7 Å². The predicted molar refractivity (Wildman–Crippen MR) is 143 cm³/mol. The SMILES string of the molecule is C[C@@H]1CN([C@@H](c2cccc(O)c2)c2cccc(C(=O)N(C)c3cccc(F)c3)c2)[C@@H](C)CN1CCCF. The second kappa shape index (κ2) is 11.8. The quantitative estimate of drug-likeness (QED) is 0.428. The highest BCUT2D eigenvalue weighted by molar-refractivity contribution is 6.05. The van der Waals surface area contributed by atoms with Crippen molar-refractivity contribution in [2.75, 3.05) is 38.3 Å². The third kappa shape index (κ3) is 6.17. The minimum absolute atomic E-state index is 0.164. The molecule has 0 spiro atoms. The van der Waals surface area contributed by atoms with E-state index in [1.807, 2.05) is 30.3 Å². The van der Waals surface area contributed by atoms with Gasteiger partial charge in [-0.1, -0.05) is 30.3 Å². The lowest BCUT2D eigenvalue weighted by atomic mass is 9.92. The zero-order valence-corrected chi connectivity index (χ0v) is 21.6. The molecule has 0 saturated carbocycles. The Balaban J connectivity index is 1.68. The average molecular weight is 508 g/mol. The summed E-state index contributed by atoms with van der Waals surface area (Å²) < 4.78 is 26.6. The van der Waals surface area contributed by atoms with Gasteiger partial charge in [-0.3, -0.25) is 19.0 Å². The summed E-state index contributed by atoms with van der Waals surface area (Å²) in [5.74, 6) is -0.453. The molecule has 3 atom stereocenters. The van der Waals surface area contributed by atoms with Gasteiger partial charge < -0.3 is 10.0 Å². The van der Waals surface area contributed by atoms with Crippen LogP contribution in [0.15, 0.2) is 72.8 Å². The van der Waals surface area contributed by atoms with Crippen molar-refractivity contribution < 1.29 is 18.7 Å². The topological polar surface area (TPSA) is 47.0 Å². The molecule has 196 valence electrons. The lowest BCUT2D eigenvalue weighted by Gasteiger charge is -2.47. The highest BCUT2D eigenvalue weighted by Gasteiger charge is 2.35. The van der Waals surface area contributed by atoms with Crippen LogP contribution < -0.4 is 4.90 Å². The second-order valence-electron chi connectivity index (χ2n) is 9.90. The largest absolute Gasteiger partial charge is 0.508 e. The minimum atomic E-state index is -0.399. The molecule has 4 rings (SSSR count). The first-order chi connectivity index (χ1) is 17.8. The van der Waals surface area contributed by atoms with Gasteiger partial charge >= 0.3 is 0 Å². The third-order valence-electron chi connectivity index (χ3n) is 7.21. The number of carbonyl (C=O) groups excluding carboxylic acids is 1. The molecule has 3 aromatic carbocycles. The molecule has 1 aliphatic rings. The van der Waals surface area contributed by atoms with E-state index in [2.05, 4.69) is 23.6 Å². The van der Waals surface area contributed by atoms with Crippen molar-refractivity contribution in [3.05, 3.63) is 95.3 Å². The van der Waals surface area contributed by atoms with Crippen molar-refractivity contribution in [3.8, 4) is 5.75 Å². The number of alkyl halides is 1. The molecule has 1 fully saturated rings. The van der Waals surface area contributed by atoms with Crippen molar-refractivity contribution in [3.63, 3.8) is 0 Å². The monoisotopic (exact) mass is 507 g/mol. The molecule has 3 aromatic rings. The van der Waals surface area contributed by atoms with Gasteiger partial charge in [0.05, 0.1) is 12.7 Å². The molecule has 0 aliphatic carbocycles. The molecular weight excluding hydrogens is 472 g/mol. The van der Waals surface area contributed by atoms with Gasteiger partial charge in [-0.05, 0) is 73.9 Å². The number of phenolic OH excluding ortho intramolecular Hbond substituents is 1. The molecule has 1 N–H and O–H groups in total. The highest BCUT2D eigenvalue weighted by Crippen LogP contribution is 2.35. The van der Waals surface area contributed by atoms with E-state index in [4.69, 9.17) is 0 Å². The summed E-state index contributed by atoms with van der Waals surface area (Å²) in [6.45, 7) is 6.29. The Bertz CT molecular complexity index is 1220. The number of aromatic hydroxyl groups is 1. The van der Waals surface area contributed by atoms with Crippen LogP contribution in [0.25, 0.3) is 0 Å². The van der Waals surface area contributed by atoms with Crippen molar-refractivity contribution >= 4 is 11.6 Å². The smallest absolute Gasteiger partial charge is 0.258 e. The Kier molecular flexibility index (Phi) is 8.56. The summed E-state index contributed by atoms with van der Waals surface area (Å²) in [5, 5.41) is 10.3. The van der Waals surface area contributed by atoms with Crippen LogP contribution in [0, 0.1) is 5.82 Å². The molecule has 1 amide bonds. The number of anilines is 1. The molecule has 0 radical (unpaired) electrons. The summed E-state index contributed by atoms with van der Waals surface area (Å²) in [4.78, 5) is 19.5. The number of piperazine rings is 1. The van der Waals surface area contributed by atoms with Gasteiger partial charge in [-0.15, -0.1) is 0 Å². The van der Waals surface area contributed by atoms with Crippen LogP contribution in [0.4, 0.5) is 14.5 Å². The molecule has 1 aliphatic heterocycles. The number of halogens is 2. The Morgan fingerprint density at radius 1 is 1.00 bits per heavy atom. The number of benzene rings is 3. The number of nitrogens with zero attached hydrogens (tertiary/aromatic N) is 3. The maximum Gasteiger partial charge on any atom is 0.258 e. The Morgan fingerprint density at radius 3 is 2.41 bits per heavy atom. The van der Waals surface area contributed by atoms with Crippen molar-refractivity contribution in [2.24, 2.45) is 0 Å². The zero-order chi connectivity index (χ0) is 26.5. The van der Waals surface area contributed by atoms with E-state index < -0.39 is 5.82 Å². The fraction of sp³-hybridized carbons (Fsp3) is 0.367. The van der Waals surface area contributed by atoms with Gasteiger partial charge in [-0.2, -0.15) is 0 Å². The van der Waals surface area contributed by atoms with Crippen molar-refractivity contribution in [2.45, 2.75) is 38.4 Å². The number of hydrogen-bond acceptors (Lipinski definition) is 4. The van der Waals surface area contributed by atoms with E-state index in [0.717, 1.165) is 30.8 Å². The second-order valence-corrected chi connectivity index (χ2v) is 9.90. The van der Waals surface area contributed by atoms with Gasteiger partial charge in [0.25, 0.3) is 5.91 Å². The molecule has 5 nitrogen and oxygen atoms in total. The summed E-state index contributed by atoms with van der Waals surface area (Å²) >= 11 is 0. The molecule has 37 heavy (non-hydrogen) atoms. The lowest BCUT2D eigenvalue weighted by molar-refractivity contribution is 0.0226. The summed E-state index contributed by atoms with van der Waals surface area (Å²) in [6.07, 6.45) is 0.524. The Hall–Kier alpha value is -3.29. The summed E-state index contributed by atoms with van der Waals surface area (Å²) in [5.41, 5.74) is 2.84. The normalized spacial score (nSPS) is 19.5. The van der Waals surface area contributed by atoms with E-state index >= 15 is 0 Å². The van der Waals surface area contributed by atoms with Gasteiger partial charge in [0.2, 0.25) is 0 Å². The van der Waals surface area contributed by atoms with Crippen LogP contribution in [0.1, 0.15) is 47.8 Å². The third-order valence-corrected chi connectivity index (χ3v) is 7.21. The first kappa shape index (κ1) is 26.8. The number of hydrogen-bond donors (Lipinski definition) is 1. The Morgan fingerprint density at radius 2 is 1.70 bits per heavy atom. The molecule has 0 aromatic heterocycles. The Labute approximate surface area is 217 Å². The average Bonchev–Trinajstić information content (AvgIpc) is 2.89. The minimum Gasteiger partial charge on any atom is -0.508 e. The van der Waals surface area contributed by atoms with Gasteiger partial charge in [0.1, 0.15) is 11.6 Å². The molecule has 7 heteroatoms.